The number of carbonyl (C=O) groups is 1. The van der Waals surface area contributed by atoms with E-state index in [1.807, 2.05) is 6.08 Å². The van der Waals surface area contributed by atoms with Crippen molar-refractivity contribution in [3.63, 3.8) is 0 Å². The van der Waals surface area contributed by atoms with Crippen LogP contribution in [0, 0.1) is 11.8 Å². The molecule has 3 nitrogen and oxygen atoms in total. The molecule has 3 heteroatoms. The molecule has 3 aliphatic rings. The van der Waals surface area contributed by atoms with E-state index in [2.05, 4.69) is 0 Å². The number of rotatable bonds is 3. The lowest BCUT2D eigenvalue weighted by Gasteiger charge is -2.12. The molecule has 0 radical (unpaired) electrons. The average Bonchev–Trinajstić information content (AvgIpc) is 3.06. The van der Waals surface area contributed by atoms with Gasteiger partial charge in [-0.3, -0.25) is 4.79 Å². The van der Waals surface area contributed by atoms with Crippen LogP contribution in [0.15, 0.2) is 11.8 Å². The van der Waals surface area contributed by atoms with E-state index < -0.39 is 0 Å². The van der Waals surface area contributed by atoms with Gasteiger partial charge in [0.25, 0.3) is 0 Å². The highest BCUT2D eigenvalue weighted by Crippen LogP contribution is 2.39. The van der Waals surface area contributed by atoms with Crippen molar-refractivity contribution in [2.45, 2.75) is 31.8 Å². The van der Waals surface area contributed by atoms with Crippen molar-refractivity contribution < 1.29 is 14.3 Å². The number of esters is 1. The van der Waals surface area contributed by atoms with Gasteiger partial charge in [-0.1, -0.05) is 0 Å². The van der Waals surface area contributed by atoms with Gasteiger partial charge in [-0.25, -0.2) is 0 Å². The summed E-state index contributed by atoms with van der Waals surface area (Å²) in [5.74, 6) is 1.56. The number of carbonyl (C=O) groups excluding carboxylic acids is 1. The normalized spacial score (nSPS) is 33.9. The lowest BCUT2D eigenvalue weighted by atomic mass is 9.96. The van der Waals surface area contributed by atoms with Crippen LogP contribution in [-0.2, 0) is 14.3 Å². The number of ether oxygens (including phenoxy) is 2. The topological polar surface area (TPSA) is 38.8 Å². The molecule has 0 N–H and O–H groups in total. The minimum absolute atomic E-state index is 0.0394. The molecule has 0 bridgehead atoms. The van der Waals surface area contributed by atoms with Crippen LogP contribution in [0.25, 0.3) is 0 Å². The summed E-state index contributed by atoms with van der Waals surface area (Å²) in [6.07, 6.45) is 6.59. The Bertz CT molecular complexity index is 291. The Morgan fingerprint density at radius 2 is 2.29 bits per heavy atom. The molecule has 1 saturated carbocycles. The predicted octanol–water partition coefficient (Wildman–Crippen LogP) is 1.63. The fraction of sp³-hybridized carbons (Fsp3) is 0.727. The maximum Gasteiger partial charge on any atom is 0.312 e. The van der Waals surface area contributed by atoms with E-state index >= 15 is 0 Å². The van der Waals surface area contributed by atoms with Crippen LogP contribution >= 0.6 is 0 Å². The first-order valence-electron chi connectivity index (χ1n) is 5.38. The second-order valence-corrected chi connectivity index (χ2v) is 4.43. The first-order valence-corrected chi connectivity index (χ1v) is 5.38. The first kappa shape index (κ1) is 8.33. The van der Waals surface area contributed by atoms with Gasteiger partial charge in [0, 0.05) is 0 Å². The van der Waals surface area contributed by atoms with Crippen molar-refractivity contribution in [2.75, 3.05) is 6.61 Å². The summed E-state index contributed by atoms with van der Waals surface area (Å²) in [6, 6.07) is 0. The second kappa shape index (κ2) is 3.01. The highest BCUT2D eigenvalue weighted by atomic mass is 16.6. The minimum atomic E-state index is -0.0571. The van der Waals surface area contributed by atoms with Crippen molar-refractivity contribution in [1.82, 2.24) is 0 Å². The molecule has 3 rings (SSSR count). The van der Waals surface area contributed by atoms with Crippen LogP contribution in [-0.4, -0.2) is 18.7 Å². The van der Waals surface area contributed by atoms with Crippen molar-refractivity contribution in [3.8, 4) is 0 Å². The van der Waals surface area contributed by atoms with Gasteiger partial charge in [0.1, 0.15) is 5.76 Å². The summed E-state index contributed by atoms with van der Waals surface area (Å²) in [4.78, 5) is 11.6. The number of epoxide rings is 1. The number of hydrogen-bond donors (Lipinski definition) is 0. The van der Waals surface area contributed by atoms with Crippen LogP contribution in [0.1, 0.15) is 25.7 Å². The van der Waals surface area contributed by atoms with Crippen molar-refractivity contribution in [3.05, 3.63) is 11.8 Å². The number of fused-ring (bicyclic) bond motifs is 1. The molecular formula is C11H14O3. The SMILES string of the molecule is O=C(OCC1CC1)C1C=C2OC2CC1. The Kier molecular flexibility index (Phi) is 1.79. The molecule has 2 aliphatic carbocycles. The molecule has 1 saturated heterocycles. The van der Waals surface area contributed by atoms with Gasteiger partial charge < -0.3 is 9.47 Å². The highest BCUT2D eigenvalue weighted by molar-refractivity contribution is 5.75. The average molecular weight is 194 g/mol. The van der Waals surface area contributed by atoms with Crippen LogP contribution < -0.4 is 0 Å². The molecule has 2 atom stereocenters. The standard InChI is InChI=1S/C11H14O3/c12-11(13-6-7-1-2-7)8-3-4-9-10(5-8)14-9/h5,7-9H,1-4,6H2. The summed E-state index contributed by atoms with van der Waals surface area (Å²) < 4.78 is 10.5. The summed E-state index contributed by atoms with van der Waals surface area (Å²) in [6.45, 7) is 0.628. The molecule has 0 aromatic carbocycles. The van der Waals surface area contributed by atoms with Gasteiger partial charge in [-0.15, -0.1) is 0 Å². The Morgan fingerprint density at radius 1 is 1.43 bits per heavy atom. The molecule has 2 fully saturated rings. The fourth-order valence-corrected chi connectivity index (χ4v) is 1.87. The molecule has 0 spiro atoms. The van der Waals surface area contributed by atoms with Gasteiger partial charge in [0.05, 0.1) is 12.5 Å². The molecule has 1 heterocycles. The maximum absolute atomic E-state index is 11.6. The molecule has 0 aromatic heterocycles. The zero-order valence-electron chi connectivity index (χ0n) is 8.07. The molecule has 0 amide bonds. The lowest BCUT2D eigenvalue weighted by molar-refractivity contribution is -0.147. The summed E-state index contributed by atoms with van der Waals surface area (Å²) in [5.41, 5.74) is 0. The van der Waals surface area contributed by atoms with Crippen LogP contribution in [0.4, 0.5) is 0 Å². The van der Waals surface area contributed by atoms with Gasteiger partial charge in [0.15, 0.2) is 6.10 Å². The van der Waals surface area contributed by atoms with Crippen molar-refractivity contribution in [1.29, 1.82) is 0 Å². The Labute approximate surface area is 83.1 Å². The van der Waals surface area contributed by atoms with Gasteiger partial charge in [-0.2, -0.15) is 0 Å². The first-order chi connectivity index (χ1) is 6.83. The van der Waals surface area contributed by atoms with Crippen LogP contribution in [0.2, 0.25) is 0 Å². The third kappa shape index (κ3) is 1.63. The largest absolute Gasteiger partial charge is 0.483 e. The molecule has 1 aliphatic heterocycles. The van der Waals surface area contributed by atoms with E-state index in [0.717, 1.165) is 18.6 Å². The lowest BCUT2D eigenvalue weighted by Crippen LogP contribution is -2.19. The summed E-state index contributed by atoms with van der Waals surface area (Å²) in [7, 11) is 0. The molecule has 0 aromatic rings. The van der Waals surface area contributed by atoms with Crippen LogP contribution in [0.3, 0.4) is 0 Å². The van der Waals surface area contributed by atoms with Gasteiger partial charge in [0.2, 0.25) is 0 Å². The van der Waals surface area contributed by atoms with E-state index in [-0.39, 0.29) is 11.9 Å². The van der Waals surface area contributed by atoms with Gasteiger partial charge >= 0.3 is 5.97 Å². The van der Waals surface area contributed by atoms with E-state index in [1.165, 1.54) is 12.8 Å². The van der Waals surface area contributed by atoms with E-state index in [9.17, 15) is 4.79 Å². The highest BCUT2D eigenvalue weighted by Gasteiger charge is 2.39. The molecular weight excluding hydrogens is 180 g/mol. The van der Waals surface area contributed by atoms with E-state index in [0.29, 0.717) is 18.6 Å². The van der Waals surface area contributed by atoms with E-state index in [1.54, 1.807) is 0 Å². The molecule has 76 valence electrons. The second-order valence-electron chi connectivity index (χ2n) is 4.43. The Hall–Kier alpha value is -0.990. The smallest absolute Gasteiger partial charge is 0.312 e. The van der Waals surface area contributed by atoms with E-state index in [4.69, 9.17) is 9.47 Å². The predicted molar refractivity (Wildman–Crippen MR) is 49.4 cm³/mol. The molecule has 14 heavy (non-hydrogen) atoms. The van der Waals surface area contributed by atoms with Crippen molar-refractivity contribution >= 4 is 5.97 Å². The fourth-order valence-electron chi connectivity index (χ4n) is 1.87. The monoisotopic (exact) mass is 194 g/mol. The third-order valence-electron chi connectivity index (χ3n) is 3.10. The summed E-state index contributed by atoms with van der Waals surface area (Å²) in [5, 5.41) is 0. The zero-order valence-corrected chi connectivity index (χ0v) is 8.07. The molecule has 2 unspecified atom stereocenters. The van der Waals surface area contributed by atoms with Gasteiger partial charge in [-0.05, 0) is 37.7 Å². The number of hydrogen-bond acceptors (Lipinski definition) is 3. The quantitative estimate of drug-likeness (QED) is 0.506. The maximum atomic E-state index is 11.6. The third-order valence-corrected chi connectivity index (χ3v) is 3.10. The van der Waals surface area contributed by atoms with Crippen LogP contribution in [0.5, 0.6) is 0 Å². The Morgan fingerprint density at radius 3 is 3.00 bits per heavy atom. The zero-order chi connectivity index (χ0) is 9.54. The summed E-state index contributed by atoms with van der Waals surface area (Å²) >= 11 is 0. The Balaban J connectivity index is 1.53. The van der Waals surface area contributed by atoms with Crippen molar-refractivity contribution in [2.24, 2.45) is 11.8 Å². The minimum Gasteiger partial charge on any atom is -0.483 e.